The normalized spacial score (nSPS) is 12.7. The molecule has 1 heterocycles. The van der Waals surface area contributed by atoms with E-state index in [-0.39, 0.29) is 11.8 Å². The SMILES string of the molecule is CC(C)[C@@H](Nc1ccc(C(F)(F)F)cc1)C(=O)NCCc1cccnc1. The van der Waals surface area contributed by atoms with Gasteiger partial charge in [0, 0.05) is 24.6 Å². The van der Waals surface area contributed by atoms with Crippen molar-refractivity contribution in [3.8, 4) is 0 Å². The zero-order valence-corrected chi connectivity index (χ0v) is 14.7. The molecule has 4 nitrogen and oxygen atoms in total. The zero-order chi connectivity index (χ0) is 19.2. The Labute approximate surface area is 150 Å². The first-order valence-corrected chi connectivity index (χ1v) is 8.38. The smallest absolute Gasteiger partial charge is 0.373 e. The van der Waals surface area contributed by atoms with E-state index in [0.29, 0.717) is 18.7 Å². The van der Waals surface area contributed by atoms with Gasteiger partial charge in [0.25, 0.3) is 0 Å². The van der Waals surface area contributed by atoms with Crippen LogP contribution in [-0.4, -0.2) is 23.5 Å². The Bertz CT molecular complexity index is 700. The standard InChI is InChI=1S/C19H22F3N3O/c1-13(2)17(18(26)24-11-9-14-4-3-10-23-12-14)25-16-7-5-15(6-8-16)19(20,21)22/h3-8,10,12-13,17,25H,9,11H2,1-2H3,(H,24,26)/t17-/m1/s1. The van der Waals surface area contributed by atoms with Crippen molar-refractivity contribution >= 4 is 11.6 Å². The zero-order valence-electron chi connectivity index (χ0n) is 14.7. The van der Waals surface area contributed by atoms with Crippen molar-refractivity contribution in [2.45, 2.75) is 32.5 Å². The van der Waals surface area contributed by atoms with Gasteiger partial charge in [-0.1, -0.05) is 19.9 Å². The second-order valence-electron chi connectivity index (χ2n) is 6.34. The minimum atomic E-state index is -4.38. The van der Waals surface area contributed by atoms with Gasteiger partial charge >= 0.3 is 6.18 Å². The molecule has 0 spiro atoms. The summed E-state index contributed by atoms with van der Waals surface area (Å²) >= 11 is 0. The second-order valence-corrected chi connectivity index (χ2v) is 6.34. The molecule has 0 aliphatic heterocycles. The first-order valence-electron chi connectivity index (χ1n) is 8.38. The maximum absolute atomic E-state index is 12.6. The highest BCUT2D eigenvalue weighted by molar-refractivity contribution is 5.84. The molecule has 0 aliphatic carbocycles. The third kappa shape index (κ3) is 5.75. The van der Waals surface area contributed by atoms with Crippen molar-refractivity contribution in [2.24, 2.45) is 5.92 Å². The Morgan fingerprint density at radius 2 is 1.85 bits per heavy atom. The van der Waals surface area contributed by atoms with Gasteiger partial charge in [-0.3, -0.25) is 9.78 Å². The Morgan fingerprint density at radius 1 is 1.15 bits per heavy atom. The summed E-state index contributed by atoms with van der Waals surface area (Å²) in [5, 5.41) is 5.87. The molecule has 2 aromatic rings. The van der Waals surface area contributed by atoms with Crippen LogP contribution in [0.15, 0.2) is 48.8 Å². The topological polar surface area (TPSA) is 54.0 Å². The van der Waals surface area contributed by atoms with Gasteiger partial charge in [-0.15, -0.1) is 0 Å². The van der Waals surface area contributed by atoms with E-state index in [4.69, 9.17) is 0 Å². The molecule has 0 unspecified atom stereocenters. The summed E-state index contributed by atoms with van der Waals surface area (Å²) in [5.41, 5.74) is 0.772. The number of rotatable bonds is 7. The highest BCUT2D eigenvalue weighted by Crippen LogP contribution is 2.30. The molecule has 0 saturated carbocycles. The number of pyridine rings is 1. The average molecular weight is 365 g/mol. The van der Waals surface area contributed by atoms with Gasteiger partial charge in [-0.2, -0.15) is 13.2 Å². The molecule has 0 aliphatic rings. The van der Waals surface area contributed by atoms with Crippen LogP contribution in [0.5, 0.6) is 0 Å². The van der Waals surface area contributed by atoms with E-state index in [1.54, 1.807) is 12.4 Å². The predicted octanol–water partition coefficient (Wildman–Crippen LogP) is 3.90. The molecule has 2 rings (SSSR count). The number of nitrogens with one attached hydrogen (secondary N) is 2. The molecule has 7 heteroatoms. The molecule has 2 N–H and O–H groups in total. The fraction of sp³-hybridized carbons (Fsp3) is 0.368. The lowest BCUT2D eigenvalue weighted by Crippen LogP contribution is -2.43. The van der Waals surface area contributed by atoms with Crippen LogP contribution in [0.2, 0.25) is 0 Å². The van der Waals surface area contributed by atoms with Crippen molar-refractivity contribution in [2.75, 3.05) is 11.9 Å². The molecular weight excluding hydrogens is 343 g/mol. The minimum Gasteiger partial charge on any atom is -0.373 e. The number of aromatic nitrogens is 1. The largest absolute Gasteiger partial charge is 0.416 e. The maximum atomic E-state index is 12.6. The van der Waals surface area contributed by atoms with Gasteiger partial charge in [0.05, 0.1) is 5.56 Å². The Kier molecular flexibility index (Phi) is 6.60. The van der Waals surface area contributed by atoms with Crippen LogP contribution >= 0.6 is 0 Å². The molecule has 26 heavy (non-hydrogen) atoms. The number of benzene rings is 1. The fourth-order valence-corrected chi connectivity index (χ4v) is 2.46. The number of nitrogens with zero attached hydrogens (tertiary/aromatic N) is 1. The summed E-state index contributed by atoms with van der Waals surface area (Å²) in [6, 6.07) is 7.89. The number of carbonyl (C=O) groups is 1. The van der Waals surface area contributed by atoms with Crippen LogP contribution in [0.25, 0.3) is 0 Å². The van der Waals surface area contributed by atoms with Crippen LogP contribution in [0.4, 0.5) is 18.9 Å². The molecule has 1 aromatic carbocycles. The maximum Gasteiger partial charge on any atom is 0.416 e. The first kappa shape index (κ1) is 19.8. The molecule has 140 valence electrons. The minimum absolute atomic E-state index is 0.0318. The van der Waals surface area contributed by atoms with Gasteiger partial charge in [0.1, 0.15) is 6.04 Å². The Morgan fingerprint density at radius 3 is 2.38 bits per heavy atom. The number of carbonyl (C=O) groups excluding carboxylic acids is 1. The lowest BCUT2D eigenvalue weighted by molar-refractivity contribution is -0.137. The summed E-state index contributed by atoms with van der Waals surface area (Å²) < 4.78 is 37.9. The first-order chi connectivity index (χ1) is 12.3. The summed E-state index contributed by atoms with van der Waals surface area (Å²) in [5.74, 6) is -0.223. The molecule has 0 fully saturated rings. The number of halogens is 3. The lowest BCUT2D eigenvalue weighted by atomic mass is 10.0. The number of amides is 1. The van der Waals surface area contributed by atoms with E-state index >= 15 is 0 Å². The van der Waals surface area contributed by atoms with E-state index < -0.39 is 17.8 Å². The third-order valence-electron chi connectivity index (χ3n) is 3.92. The molecule has 0 radical (unpaired) electrons. The van der Waals surface area contributed by atoms with Crippen LogP contribution < -0.4 is 10.6 Å². The van der Waals surface area contributed by atoms with Gasteiger partial charge in [0.2, 0.25) is 5.91 Å². The highest BCUT2D eigenvalue weighted by Gasteiger charge is 2.30. The molecule has 1 amide bonds. The predicted molar refractivity (Wildman–Crippen MR) is 94.6 cm³/mol. The third-order valence-corrected chi connectivity index (χ3v) is 3.92. The summed E-state index contributed by atoms with van der Waals surface area (Å²) in [7, 11) is 0. The molecular formula is C19H22F3N3O. The van der Waals surface area contributed by atoms with E-state index in [1.807, 2.05) is 26.0 Å². The van der Waals surface area contributed by atoms with Gasteiger partial charge < -0.3 is 10.6 Å². The highest BCUT2D eigenvalue weighted by atomic mass is 19.4. The van der Waals surface area contributed by atoms with Gasteiger partial charge in [-0.05, 0) is 48.2 Å². The lowest BCUT2D eigenvalue weighted by Gasteiger charge is -2.23. The van der Waals surface area contributed by atoms with Crippen LogP contribution in [0, 0.1) is 5.92 Å². The fourth-order valence-electron chi connectivity index (χ4n) is 2.46. The molecule has 1 atom stereocenters. The summed E-state index contributed by atoms with van der Waals surface area (Å²) in [4.78, 5) is 16.5. The van der Waals surface area contributed by atoms with E-state index in [0.717, 1.165) is 17.7 Å². The van der Waals surface area contributed by atoms with E-state index in [1.165, 1.54) is 12.1 Å². The Balaban J connectivity index is 1.94. The molecule has 1 aromatic heterocycles. The molecule has 0 saturated heterocycles. The number of hydrogen-bond donors (Lipinski definition) is 2. The van der Waals surface area contributed by atoms with Crippen molar-refractivity contribution in [3.63, 3.8) is 0 Å². The quantitative estimate of drug-likeness (QED) is 0.783. The summed E-state index contributed by atoms with van der Waals surface area (Å²) in [6.07, 6.45) is -0.290. The van der Waals surface area contributed by atoms with Gasteiger partial charge in [-0.25, -0.2) is 0 Å². The van der Waals surface area contributed by atoms with Crippen molar-refractivity contribution < 1.29 is 18.0 Å². The van der Waals surface area contributed by atoms with Crippen molar-refractivity contribution in [1.82, 2.24) is 10.3 Å². The van der Waals surface area contributed by atoms with Crippen LogP contribution in [0.3, 0.4) is 0 Å². The monoisotopic (exact) mass is 365 g/mol. The molecule has 0 bridgehead atoms. The number of alkyl halides is 3. The summed E-state index contributed by atoms with van der Waals surface area (Å²) in [6.45, 7) is 4.22. The Hall–Kier alpha value is -2.57. The average Bonchev–Trinajstić information content (AvgIpc) is 2.60. The van der Waals surface area contributed by atoms with Crippen molar-refractivity contribution in [1.29, 1.82) is 0 Å². The number of hydrogen-bond acceptors (Lipinski definition) is 3. The van der Waals surface area contributed by atoms with Crippen molar-refractivity contribution in [3.05, 3.63) is 59.9 Å². The van der Waals surface area contributed by atoms with E-state index in [9.17, 15) is 18.0 Å². The van der Waals surface area contributed by atoms with Gasteiger partial charge in [0.15, 0.2) is 0 Å². The number of anilines is 1. The second kappa shape index (κ2) is 8.69. The van der Waals surface area contributed by atoms with Crippen LogP contribution in [0.1, 0.15) is 25.0 Å². The van der Waals surface area contributed by atoms with Crippen LogP contribution in [-0.2, 0) is 17.4 Å². The van der Waals surface area contributed by atoms with E-state index in [2.05, 4.69) is 15.6 Å².